The van der Waals surface area contributed by atoms with E-state index < -0.39 is 0 Å². The Morgan fingerprint density at radius 2 is 2.41 bits per heavy atom. The number of guanidine groups is 1. The second-order valence-electron chi connectivity index (χ2n) is 5.43. The summed E-state index contributed by atoms with van der Waals surface area (Å²) in [6, 6.07) is 2.10. The van der Waals surface area contributed by atoms with Crippen LogP contribution in [0, 0.1) is 5.92 Å². The van der Waals surface area contributed by atoms with E-state index in [1.54, 1.807) is 11.3 Å². The Kier molecular flexibility index (Phi) is 8.77. The number of likely N-dealkylation sites (tertiary alicyclic amines) is 1. The number of piperidine rings is 1. The van der Waals surface area contributed by atoms with Gasteiger partial charge in [0.15, 0.2) is 5.96 Å². The van der Waals surface area contributed by atoms with E-state index in [9.17, 15) is 4.79 Å². The third kappa shape index (κ3) is 6.12. The first-order valence-electron chi connectivity index (χ1n) is 7.51. The largest absolute Gasteiger partial charge is 0.370 e. The zero-order chi connectivity index (χ0) is 15.1. The van der Waals surface area contributed by atoms with Gasteiger partial charge in [-0.05, 0) is 48.1 Å². The van der Waals surface area contributed by atoms with Gasteiger partial charge in [0, 0.05) is 26.1 Å². The van der Waals surface area contributed by atoms with E-state index in [1.165, 1.54) is 5.56 Å². The van der Waals surface area contributed by atoms with Crippen molar-refractivity contribution in [3.8, 4) is 0 Å². The SMILES string of the molecule is CCNC(=NCc1ccsc1)N1CCCC(CC(N)=O)C1.I. The smallest absolute Gasteiger partial charge is 0.217 e. The van der Waals surface area contributed by atoms with Gasteiger partial charge in [-0.1, -0.05) is 0 Å². The Bertz CT molecular complexity index is 478. The summed E-state index contributed by atoms with van der Waals surface area (Å²) in [4.78, 5) is 18.1. The Labute approximate surface area is 153 Å². The molecule has 1 atom stereocenters. The highest BCUT2D eigenvalue weighted by molar-refractivity contribution is 14.0. The standard InChI is InChI=1S/C15H24N4OS.HI/c1-2-17-15(18-9-13-5-7-21-11-13)19-6-3-4-12(10-19)8-14(16)20;/h5,7,11-12H,2-4,6,8-10H2,1H3,(H2,16,20)(H,17,18);1H. The Morgan fingerprint density at radius 1 is 1.59 bits per heavy atom. The number of rotatable bonds is 5. The molecule has 1 saturated heterocycles. The van der Waals surface area contributed by atoms with Crippen LogP contribution in [0.15, 0.2) is 21.8 Å². The first kappa shape index (κ1) is 19.2. The van der Waals surface area contributed by atoms with Crippen molar-refractivity contribution in [2.75, 3.05) is 19.6 Å². The fourth-order valence-electron chi connectivity index (χ4n) is 2.68. The lowest BCUT2D eigenvalue weighted by Gasteiger charge is -2.34. The average Bonchev–Trinajstić information content (AvgIpc) is 2.96. The Morgan fingerprint density at radius 3 is 3.05 bits per heavy atom. The lowest BCUT2D eigenvalue weighted by atomic mass is 9.95. The van der Waals surface area contributed by atoms with Gasteiger partial charge in [0.05, 0.1) is 6.54 Å². The van der Waals surface area contributed by atoms with Gasteiger partial charge in [-0.3, -0.25) is 4.79 Å². The summed E-state index contributed by atoms with van der Waals surface area (Å²) in [5.74, 6) is 1.08. The minimum atomic E-state index is -0.206. The number of halogens is 1. The highest BCUT2D eigenvalue weighted by Crippen LogP contribution is 2.19. The molecular formula is C15H25IN4OS. The molecule has 0 aromatic carbocycles. The van der Waals surface area contributed by atoms with E-state index in [0.29, 0.717) is 18.9 Å². The first-order chi connectivity index (χ1) is 10.2. The van der Waals surface area contributed by atoms with Crippen LogP contribution >= 0.6 is 35.3 Å². The summed E-state index contributed by atoms with van der Waals surface area (Å²) in [6.45, 7) is 5.47. The molecule has 0 radical (unpaired) electrons. The van der Waals surface area contributed by atoms with Crippen LogP contribution in [0.4, 0.5) is 0 Å². The van der Waals surface area contributed by atoms with Gasteiger partial charge in [0.25, 0.3) is 0 Å². The van der Waals surface area contributed by atoms with Crippen molar-refractivity contribution >= 4 is 47.2 Å². The van der Waals surface area contributed by atoms with E-state index in [4.69, 9.17) is 10.7 Å². The van der Waals surface area contributed by atoms with Crippen molar-refractivity contribution < 1.29 is 4.79 Å². The molecule has 1 aliphatic rings. The maximum absolute atomic E-state index is 11.1. The molecule has 22 heavy (non-hydrogen) atoms. The third-order valence-corrected chi connectivity index (χ3v) is 4.37. The number of amides is 1. The summed E-state index contributed by atoms with van der Waals surface area (Å²) < 4.78 is 0. The summed E-state index contributed by atoms with van der Waals surface area (Å²) in [5.41, 5.74) is 6.56. The van der Waals surface area contributed by atoms with Gasteiger partial charge in [-0.15, -0.1) is 24.0 Å². The van der Waals surface area contributed by atoms with Gasteiger partial charge in [0.2, 0.25) is 5.91 Å². The zero-order valence-electron chi connectivity index (χ0n) is 13.0. The molecule has 1 unspecified atom stereocenters. The number of aliphatic imine (C=N–C) groups is 1. The molecule has 1 fully saturated rings. The predicted octanol–water partition coefficient (Wildman–Crippen LogP) is 2.42. The fourth-order valence-corrected chi connectivity index (χ4v) is 3.34. The molecule has 2 heterocycles. The summed E-state index contributed by atoms with van der Waals surface area (Å²) in [5, 5.41) is 7.55. The molecule has 0 saturated carbocycles. The molecule has 0 bridgehead atoms. The number of carbonyl (C=O) groups excluding carboxylic acids is 1. The van der Waals surface area contributed by atoms with Crippen molar-refractivity contribution in [3.63, 3.8) is 0 Å². The normalized spacial score (nSPS) is 18.7. The molecule has 0 aliphatic carbocycles. The maximum atomic E-state index is 11.1. The topological polar surface area (TPSA) is 70.7 Å². The number of primary amides is 1. The fraction of sp³-hybridized carbons (Fsp3) is 0.600. The number of nitrogens with zero attached hydrogens (tertiary/aromatic N) is 2. The summed E-state index contributed by atoms with van der Waals surface area (Å²) in [6.07, 6.45) is 2.63. The summed E-state index contributed by atoms with van der Waals surface area (Å²) in [7, 11) is 0. The van der Waals surface area contributed by atoms with Crippen molar-refractivity contribution in [1.82, 2.24) is 10.2 Å². The number of carbonyl (C=O) groups is 1. The molecule has 1 amide bonds. The van der Waals surface area contributed by atoms with Crippen LogP contribution in [0.5, 0.6) is 0 Å². The van der Waals surface area contributed by atoms with Crippen molar-refractivity contribution in [2.24, 2.45) is 16.6 Å². The molecule has 1 aliphatic heterocycles. The minimum absolute atomic E-state index is 0. The summed E-state index contributed by atoms with van der Waals surface area (Å²) >= 11 is 1.69. The van der Waals surface area contributed by atoms with E-state index in [2.05, 4.69) is 34.0 Å². The van der Waals surface area contributed by atoms with Crippen molar-refractivity contribution in [3.05, 3.63) is 22.4 Å². The van der Waals surface area contributed by atoms with E-state index >= 15 is 0 Å². The number of nitrogens with one attached hydrogen (secondary N) is 1. The maximum Gasteiger partial charge on any atom is 0.217 e. The molecule has 124 valence electrons. The number of hydrogen-bond donors (Lipinski definition) is 2. The number of thiophene rings is 1. The second-order valence-corrected chi connectivity index (χ2v) is 6.21. The zero-order valence-corrected chi connectivity index (χ0v) is 16.1. The van der Waals surface area contributed by atoms with Gasteiger partial charge in [-0.25, -0.2) is 4.99 Å². The quantitative estimate of drug-likeness (QED) is 0.423. The van der Waals surface area contributed by atoms with Crippen LogP contribution in [0.1, 0.15) is 31.7 Å². The minimum Gasteiger partial charge on any atom is -0.370 e. The van der Waals surface area contributed by atoms with Crippen LogP contribution in [0.2, 0.25) is 0 Å². The van der Waals surface area contributed by atoms with Crippen LogP contribution in [-0.2, 0) is 11.3 Å². The van der Waals surface area contributed by atoms with Gasteiger partial charge in [-0.2, -0.15) is 11.3 Å². The van der Waals surface area contributed by atoms with Crippen molar-refractivity contribution in [2.45, 2.75) is 32.7 Å². The Hall–Kier alpha value is -0.830. The monoisotopic (exact) mass is 436 g/mol. The molecule has 3 N–H and O–H groups in total. The van der Waals surface area contributed by atoms with Gasteiger partial charge < -0.3 is 16.0 Å². The highest BCUT2D eigenvalue weighted by Gasteiger charge is 2.23. The van der Waals surface area contributed by atoms with Crippen LogP contribution in [0.3, 0.4) is 0 Å². The lowest BCUT2D eigenvalue weighted by molar-refractivity contribution is -0.119. The third-order valence-electron chi connectivity index (χ3n) is 3.63. The second kappa shape index (κ2) is 10.0. The average molecular weight is 436 g/mol. The van der Waals surface area contributed by atoms with Crippen molar-refractivity contribution in [1.29, 1.82) is 0 Å². The molecule has 5 nitrogen and oxygen atoms in total. The molecule has 1 aromatic rings. The van der Waals surface area contributed by atoms with E-state index in [1.807, 2.05) is 0 Å². The van der Waals surface area contributed by atoms with E-state index in [0.717, 1.165) is 38.4 Å². The highest BCUT2D eigenvalue weighted by atomic mass is 127. The van der Waals surface area contributed by atoms with Crippen LogP contribution < -0.4 is 11.1 Å². The van der Waals surface area contributed by atoms with Crippen LogP contribution in [-0.4, -0.2) is 36.4 Å². The van der Waals surface area contributed by atoms with E-state index in [-0.39, 0.29) is 29.9 Å². The molecule has 1 aromatic heterocycles. The predicted molar refractivity (Wildman–Crippen MR) is 103 cm³/mol. The number of nitrogens with two attached hydrogens (primary N) is 1. The first-order valence-corrected chi connectivity index (χ1v) is 8.46. The molecule has 2 rings (SSSR count). The molecular weight excluding hydrogens is 411 g/mol. The molecule has 0 spiro atoms. The Balaban J connectivity index is 0.00000242. The van der Waals surface area contributed by atoms with Gasteiger partial charge in [0.1, 0.15) is 0 Å². The van der Waals surface area contributed by atoms with Crippen LogP contribution in [0.25, 0.3) is 0 Å². The van der Waals surface area contributed by atoms with Gasteiger partial charge >= 0.3 is 0 Å². The number of hydrogen-bond acceptors (Lipinski definition) is 3. The molecule has 7 heteroatoms. The lowest BCUT2D eigenvalue weighted by Crippen LogP contribution is -2.47.